The lowest BCUT2D eigenvalue weighted by Crippen LogP contribution is -2.44. The van der Waals surface area contributed by atoms with E-state index in [1.54, 1.807) is 59.7 Å². The third-order valence-electron chi connectivity index (χ3n) is 5.66. The first-order valence-corrected chi connectivity index (χ1v) is 12.1. The molecular weight excluding hydrogens is 498 g/mol. The first-order valence-electron chi connectivity index (χ1n) is 12.1. The number of aromatic nitrogens is 3. The van der Waals surface area contributed by atoms with Gasteiger partial charge >= 0.3 is 17.9 Å². The first-order chi connectivity index (χ1) is 17.6. The van der Waals surface area contributed by atoms with Crippen molar-refractivity contribution in [3.63, 3.8) is 0 Å². The number of amides is 1. The molecule has 1 saturated heterocycles. The lowest BCUT2D eigenvalue weighted by atomic mass is 9.96. The molecule has 38 heavy (non-hydrogen) atoms. The van der Waals surface area contributed by atoms with Crippen LogP contribution in [0.25, 0.3) is 0 Å². The molecule has 3 rings (SSSR count). The fourth-order valence-electron chi connectivity index (χ4n) is 3.51. The van der Waals surface area contributed by atoms with Crippen molar-refractivity contribution in [2.24, 2.45) is 16.6 Å². The predicted molar refractivity (Wildman–Crippen MR) is 132 cm³/mol. The normalized spacial score (nSPS) is 23.6. The van der Waals surface area contributed by atoms with Gasteiger partial charge in [0.05, 0.1) is 16.4 Å². The molecule has 2 aliphatic rings. The predicted octanol–water partition coefficient (Wildman–Crippen LogP) is 1.47. The molecule has 0 aliphatic carbocycles. The molecule has 2 N–H and O–H groups in total. The molecule has 13 nitrogen and oxygen atoms in total. The molecule has 0 bridgehead atoms. The van der Waals surface area contributed by atoms with Gasteiger partial charge in [-0.25, -0.2) is 14.5 Å². The molecule has 3 heterocycles. The highest BCUT2D eigenvalue weighted by Gasteiger charge is 2.53. The number of rotatable bonds is 7. The minimum Gasteiger partial charge on any atom is -0.459 e. The minimum absolute atomic E-state index is 0.283. The van der Waals surface area contributed by atoms with E-state index in [1.807, 2.05) is 12.3 Å². The number of carbonyl (C=O) groups excluding carboxylic acids is 4. The van der Waals surface area contributed by atoms with Gasteiger partial charge in [0.2, 0.25) is 5.82 Å². The molecule has 2 aliphatic heterocycles. The van der Waals surface area contributed by atoms with Gasteiger partial charge in [0, 0.05) is 19.7 Å². The van der Waals surface area contributed by atoms with E-state index in [9.17, 15) is 19.2 Å². The summed E-state index contributed by atoms with van der Waals surface area (Å²) in [5, 5.41) is 4.03. The second-order valence-corrected chi connectivity index (χ2v) is 11.2. The zero-order valence-corrected chi connectivity index (χ0v) is 22.7. The average molecular weight is 534 g/mol. The third-order valence-corrected chi connectivity index (χ3v) is 5.66. The Morgan fingerprint density at radius 2 is 1.66 bits per heavy atom. The molecule has 1 aromatic rings. The second kappa shape index (κ2) is 10.9. The molecule has 0 saturated carbocycles. The van der Waals surface area contributed by atoms with Crippen molar-refractivity contribution in [1.29, 1.82) is 0 Å². The van der Waals surface area contributed by atoms with Crippen LogP contribution in [-0.2, 0) is 33.3 Å². The van der Waals surface area contributed by atoms with Crippen LogP contribution in [0, 0.1) is 10.8 Å². The highest BCUT2D eigenvalue weighted by Crippen LogP contribution is 2.36. The van der Waals surface area contributed by atoms with Crippen LogP contribution in [0.15, 0.2) is 30.4 Å². The Labute approximate surface area is 220 Å². The van der Waals surface area contributed by atoms with E-state index in [-0.39, 0.29) is 12.4 Å². The van der Waals surface area contributed by atoms with Gasteiger partial charge in [-0.1, -0.05) is 6.08 Å². The lowest BCUT2D eigenvalue weighted by molar-refractivity contribution is -0.179. The zero-order chi connectivity index (χ0) is 28.4. The van der Waals surface area contributed by atoms with E-state index in [2.05, 4.69) is 10.1 Å². The van der Waals surface area contributed by atoms with Crippen LogP contribution in [-0.4, -0.2) is 75.4 Å². The second-order valence-electron chi connectivity index (χ2n) is 11.2. The molecule has 0 unspecified atom stereocenters. The van der Waals surface area contributed by atoms with Gasteiger partial charge in [-0.15, -0.1) is 5.10 Å². The Bertz CT molecular complexity index is 1140. The van der Waals surface area contributed by atoms with Gasteiger partial charge in [0.15, 0.2) is 18.4 Å². The molecule has 0 aromatic carbocycles. The van der Waals surface area contributed by atoms with E-state index >= 15 is 0 Å². The van der Waals surface area contributed by atoms with Crippen molar-refractivity contribution < 1.29 is 38.1 Å². The number of hydrogen-bond donors (Lipinski definition) is 1. The number of carbonyl (C=O) groups is 4. The van der Waals surface area contributed by atoms with Crippen molar-refractivity contribution in [1.82, 2.24) is 19.7 Å². The molecular formula is C25H35N5O8. The molecule has 4 atom stereocenters. The number of esters is 3. The number of hydrogen-bond acceptors (Lipinski definition) is 11. The Hall–Kier alpha value is -3.74. The highest BCUT2D eigenvalue weighted by atomic mass is 16.7. The fourth-order valence-corrected chi connectivity index (χ4v) is 3.51. The van der Waals surface area contributed by atoms with Gasteiger partial charge in [0.25, 0.3) is 5.91 Å². The molecule has 1 amide bonds. The summed E-state index contributed by atoms with van der Waals surface area (Å²) >= 11 is 0. The maximum Gasteiger partial charge on any atom is 0.335 e. The number of allylic oxidation sites excluding steroid dienone is 1. The summed E-state index contributed by atoms with van der Waals surface area (Å²) in [6.45, 7) is 9.69. The van der Waals surface area contributed by atoms with Crippen molar-refractivity contribution in [3.8, 4) is 0 Å². The maximum atomic E-state index is 12.9. The van der Waals surface area contributed by atoms with Crippen molar-refractivity contribution >= 4 is 23.8 Å². The van der Waals surface area contributed by atoms with Crippen LogP contribution < -0.4 is 5.73 Å². The Kier molecular flexibility index (Phi) is 8.30. The van der Waals surface area contributed by atoms with Crippen LogP contribution in [0.5, 0.6) is 0 Å². The van der Waals surface area contributed by atoms with E-state index in [1.165, 1.54) is 6.33 Å². The number of primary amides is 1. The van der Waals surface area contributed by atoms with Crippen LogP contribution in [0.3, 0.4) is 0 Å². The largest absolute Gasteiger partial charge is 0.459 e. The van der Waals surface area contributed by atoms with E-state index in [4.69, 9.17) is 24.7 Å². The van der Waals surface area contributed by atoms with Crippen LogP contribution >= 0.6 is 0 Å². The van der Waals surface area contributed by atoms with Gasteiger partial charge in [-0.3, -0.25) is 14.4 Å². The topological polar surface area (TPSA) is 165 Å². The molecule has 0 spiro atoms. The van der Waals surface area contributed by atoms with Gasteiger partial charge < -0.3 is 29.6 Å². The van der Waals surface area contributed by atoms with Crippen LogP contribution in [0.1, 0.15) is 64.8 Å². The van der Waals surface area contributed by atoms with E-state index < -0.39 is 59.2 Å². The molecule has 0 radical (unpaired) electrons. The Morgan fingerprint density at radius 3 is 2.18 bits per heavy atom. The molecule has 13 heteroatoms. The summed E-state index contributed by atoms with van der Waals surface area (Å²) in [5.74, 6) is -2.91. The van der Waals surface area contributed by atoms with Crippen molar-refractivity contribution in [2.45, 2.75) is 72.5 Å². The summed E-state index contributed by atoms with van der Waals surface area (Å²) in [7, 11) is 1.78. The van der Waals surface area contributed by atoms with Gasteiger partial charge in [-0.05, 0) is 47.7 Å². The molecule has 1 aromatic heterocycles. The SMILES string of the molecule is CN1C=CCC(C(=O)OC[C@H]2O[C@@H](n3cnc(C(N)=O)n3)[C@H](OC(=O)C(C)(C)C)[C@@H]2OC(=O)C(C)(C)C)=C1. The highest BCUT2D eigenvalue weighted by molar-refractivity contribution is 5.89. The summed E-state index contributed by atoms with van der Waals surface area (Å²) in [4.78, 5) is 55.7. The number of nitrogens with zero attached hydrogens (tertiary/aromatic N) is 4. The smallest absolute Gasteiger partial charge is 0.335 e. The third kappa shape index (κ3) is 6.77. The summed E-state index contributed by atoms with van der Waals surface area (Å²) in [6, 6.07) is 0. The van der Waals surface area contributed by atoms with E-state index in [0.29, 0.717) is 12.0 Å². The zero-order valence-electron chi connectivity index (χ0n) is 22.7. The lowest BCUT2D eigenvalue weighted by Gasteiger charge is -2.29. The maximum absolute atomic E-state index is 12.9. The number of nitrogens with two attached hydrogens (primary N) is 1. The molecule has 1 fully saturated rings. The fraction of sp³-hybridized carbons (Fsp3) is 0.600. The van der Waals surface area contributed by atoms with Crippen LogP contribution in [0.4, 0.5) is 0 Å². The quantitative estimate of drug-likeness (QED) is 0.398. The van der Waals surface area contributed by atoms with E-state index in [0.717, 1.165) is 4.68 Å². The summed E-state index contributed by atoms with van der Waals surface area (Å²) in [6.07, 6.45) is 2.28. The number of ether oxygens (including phenoxy) is 4. The Morgan fingerprint density at radius 1 is 1.05 bits per heavy atom. The Balaban J connectivity index is 1.93. The molecule has 208 valence electrons. The standard InChI is InChI=1S/C25H35N5O8/c1-24(2,3)22(33)37-16-15(12-35-21(32)14-9-8-10-29(7)11-14)36-20(17(16)38-23(34)25(4,5)6)30-13-27-19(28-30)18(26)31/h8,10-11,13,15-17,20H,9,12H2,1-7H3,(H2,26,31)/t15-,16-,17-,20-/m1/s1. The van der Waals surface area contributed by atoms with Gasteiger partial charge in [0.1, 0.15) is 19.0 Å². The monoisotopic (exact) mass is 533 g/mol. The van der Waals surface area contributed by atoms with Gasteiger partial charge in [-0.2, -0.15) is 0 Å². The summed E-state index contributed by atoms with van der Waals surface area (Å²) < 4.78 is 24.3. The summed E-state index contributed by atoms with van der Waals surface area (Å²) in [5.41, 5.74) is 3.91. The van der Waals surface area contributed by atoms with Crippen molar-refractivity contribution in [3.05, 3.63) is 36.2 Å². The average Bonchev–Trinajstić information content (AvgIpc) is 3.42. The van der Waals surface area contributed by atoms with Crippen molar-refractivity contribution in [2.75, 3.05) is 13.7 Å². The van der Waals surface area contributed by atoms with Crippen LogP contribution in [0.2, 0.25) is 0 Å². The first kappa shape index (κ1) is 28.8. The minimum atomic E-state index is -1.21.